The molecule has 1 aliphatic heterocycles. The van der Waals surface area contributed by atoms with E-state index in [0.717, 1.165) is 24.2 Å². The van der Waals surface area contributed by atoms with E-state index in [1.54, 1.807) is 6.07 Å². The maximum Gasteiger partial charge on any atom is 0.252 e. The largest absolute Gasteiger partial charge is 0.395 e. The Balaban J connectivity index is 2.32. The van der Waals surface area contributed by atoms with Gasteiger partial charge in [-0.05, 0) is 25.0 Å². The zero-order valence-corrected chi connectivity index (χ0v) is 10.9. The van der Waals surface area contributed by atoms with Gasteiger partial charge in [-0.2, -0.15) is 4.31 Å². The molecule has 1 aromatic heterocycles. The molecule has 0 spiro atoms. The van der Waals surface area contributed by atoms with E-state index in [1.807, 2.05) is 0 Å². The summed E-state index contributed by atoms with van der Waals surface area (Å²) in [5.41, 5.74) is 0. The first-order chi connectivity index (χ1) is 7.55. The van der Waals surface area contributed by atoms with Gasteiger partial charge in [0.05, 0.1) is 10.9 Å². The standard InChI is InChI=1S/C9H12ClNO3S2/c10-8-3-4-9(15-8)16(13,14)11-5-1-2-7(11)6-12/h3-4,7,12H,1-2,5-6H2. The average molecular weight is 282 g/mol. The molecule has 2 rings (SSSR count). The molecule has 0 radical (unpaired) electrons. The van der Waals surface area contributed by atoms with Gasteiger partial charge < -0.3 is 5.11 Å². The van der Waals surface area contributed by atoms with Crippen molar-refractivity contribution in [1.82, 2.24) is 4.31 Å². The van der Waals surface area contributed by atoms with Crippen molar-refractivity contribution in [3.8, 4) is 0 Å². The van der Waals surface area contributed by atoms with Gasteiger partial charge in [0.1, 0.15) is 4.21 Å². The number of halogens is 1. The van der Waals surface area contributed by atoms with Crippen LogP contribution in [0.3, 0.4) is 0 Å². The van der Waals surface area contributed by atoms with E-state index in [2.05, 4.69) is 0 Å². The van der Waals surface area contributed by atoms with Crippen LogP contribution in [0.15, 0.2) is 16.3 Å². The summed E-state index contributed by atoms with van der Waals surface area (Å²) in [6.07, 6.45) is 1.51. The zero-order valence-electron chi connectivity index (χ0n) is 8.47. The molecule has 16 heavy (non-hydrogen) atoms. The van der Waals surface area contributed by atoms with Gasteiger partial charge in [-0.25, -0.2) is 8.42 Å². The highest BCUT2D eigenvalue weighted by Crippen LogP contribution is 2.31. The lowest BCUT2D eigenvalue weighted by molar-refractivity contribution is 0.213. The van der Waals surface area contributed by atoms with E-state index in [-0.39, 0.29) is 16.9 Å². The Hall–Kier alpha value is -0.140. The first kappa shape index (κ1) is 12.3. The molecule has 1 unspecified atom stereocenters. The summed E-state index contributed by atoms with van der Waals surface area (Å²) in [4.78, 5) is 0. The minimum atomic E-state index is -3.47. The molecule has 4 nitrogen and oxygen atoms in total. The molecule has 7 heteroatoms. The number of nitrogens with zero attached hydrogens (tertiary/aromatic N) is 1. The van der Waals surface area contributed by atoms with Crippen molar-refractivity contribution in [3.05, 3.63) is 16.5 Å². The van der Waals surface area contributed by atoms with Crippen molar-refractivity contribution in [2.75, 3.05) is 13.2 Å². The fraction of sp³-hybridized carbons (Fsp3) is 0.556. The van der Waals surface area contributed by atoms with E-state index in [1.165, 1.54) is 10.4 Å². The molecule has 1 fully saturated rings. The Kier molecular flexibility index (Phi) is 3.56. The van der Waals surface area contributed by atoms with Crippen molar-refractivity contribution >= 4 is 33.0 Å². The van der Waals surface area contributed by atoms with E-state index >= 15 is 0 Å². The van der Waals surface area contributed by atoms with Crippen LogP contribution >= 0.6 is 22.9 Å². The number of aliphatic hydroxyl groups is 1. The molecule has 2 heterocycles. The van der Waals surface area contributed by atoms with Crippen LogP contribution in [0, 0.1) is 0 Å². The van der Waals surface area contributed by atoms with Crippen LogP contribution in [0.4, 0.5) is 0 Å². The molecule has 0 amide bonds. The molecule has 0 bridgehead atoms. The van der Waals surface area contributed by atoms with Crippen LogP contribution in [0.1, 0.15) is 12.8 Å². The third kappa shape index (κ3) is 2.12. The van der Waals surface area contributed by atoms with E-state index in [0.29, 0.717) is 10.9 Å². The minimum absolute atomic E-state index is 0.127. The van der Waals surface area contributed by atoms with Gasteiger partial charge in [-0.3, -0.25) is 0 Å². The van der Waals surface area contributed by atoms with E-state index < -0.39 is 10.0 Å². The lowest BCUT2D eigenvalue weighted by atomic mass is 10.2. The van der Waals surface area contributed by atoms with Crippen LogP contribution in [0.5, 0.6) is 0 Å². The number of hydrogen-bond donors (Lipinski definition) is 1. The molecule has 0 saturated carbocycles. The summed E-state index contributed by atoms with van der Waals surface area (Å²) in [5.74, 6) is 0. The smallest absolute Gasteiger partial charge is 0.252 e. The summed E-state index contributed by atoms with van der Waals surface area (Å²) in [6.45, 7) is 0.349. The monoisotopic (exact) mass is 281 g/mol. The summed E-state index contributed by atoms with van der Waals surface area (Å²) in [7, 11) is -3.47. The van der Waals surface area contributed by atoms with Gasteiger partial charge in [-0.15, -0.1) is 11.3 Å². The van der Waals surface area contributed by atoms with E-state index in [9.17, 15) is 8.42 Å². The second-order valence-electron chi connectivity index (χ2n) is 3.65. The number of aliphatic hydroxyl groups excluding tert-OH is 1. The fourth-order valence-electron chi connectivity index (χ4n) is 1.86. The summed E-state index contributed by atoms with van der Waals surface area (Å²) in [6, 6.07) is 2.80. The molecule has 1 saturated heterocycles. The predicted molar refractivity (Wildman–Crippen MR) is 63.3 cm³/mol. The Labute approximate surface area is 104 Å². The Morgan fingerprint density at radius 3 is 2.88 bits per heavy atom. The topological polar surface area (TPSA) is 57.6 Å². The number of hydrogen-bond acceptors (Lipinski definition) is 4. The summed E-state index contributed by atoms with van der Waals surface area (Å²) >= 11 is 6.78. The van der Waals surface area contributed by atoms with Crippen LogP contribution in [0.2, 0.25) is 4.34 Å². The maximum absolute atomic E-state index is 12.2. The SMILES string of the molecule is O=S(=O)(c1ccc(Cl)s1)N1CCCC1CO. The average Bonchev–Trinajstić information content (AvgIpc) is 2.85. The van der Waals surface area contributed by atoms with Crippen molar-refractivity contribution in [1.29, 1.82) is 0 Å². The maximum atomic E-state index is 12.2. The van der Waals surface area contributed by atoms with Gasteiger partial charge in [0, 0.05) is 12.6 Å². The van der Waals surface area contributed by atoms with Crippen LogP contribution in [0.25, 0.3) is 0 Å². The third-order valence-corrected chi connectivity index (χ3v) is 6.30. The Morgan fingerprint density at radius 1 is 1.56 bits per heavy atom. The van der Waals surface area contributed by atoms with Crippen molar-refractivity contribution in [2.24, 2.45) is 0 Å². The molecule has 1 aromatic rings. The second-order valence-corrected chi connectivity index (χ2v) is 7.49. The predicted octanol–water partition coefficient (Wildman–Crippen LogP) is 1.55. The zero-order chi connectivity index (χ0) is 11.8. The normalized spacial score (nSPS) is 22.8. The van der Waals surface area contributed by atoms with Crippen molar-refractivity contribution in [3.63, 3.8) is 0 Å². The first-order valence-electron chi connectivity index (χ1n) is 4.94. The van der Waals surface area contributed by atoms with Gasteiger partial charge in [0.2, 0.25) is 0 Å². The molecule has 0 aromatic carbocycles. The lowest BCUT2D eigenvalue weighted by Crippen LogP contribution is -2.37. The highest BCUT2D eigenvalue weighted by atomic mass is 35.5. The van der Waals surface area contributed by atoms with Crippen molar-refractivity contribution < 1.29 is 13.5 Å². The van der Waals surface area contributed by atoms with Gasteiger partial charge in [0.25, 0.3) is 10.0 Å². The second kappa shape index (κ2) is 4.62. The van der Waals surface area contributed by atoms with Gasteiger partial charge >= 0.3 is 0 Å². The van der Waals surface area contributed by atoms with Gasteiger partial charge in [-0.1, -0.05) is 11.6 Å². The van der Waals surface area contributed by atoms with Crippen LogP contribution in [-0.2, 0) is 10.0 Å². The molecular weight excluding hydrogens is 270 g/mol. The molecule has 1 atom stereocenters. The molecule has 1 N–H and O–H groups in total. The first-order valence-corrected chi connectivity index (χ1v) is 7.57. The summed E-state index contributed by atoms with van der Waals surface area (Å²) in [5, 5.41) is 9.12. The molecule has 90 valence electrons. The Morgan fingerprint density at radius 2 is 2.31 bits per heavy atom. The third-order valence-electron chi connectivity index (χ3n) is 2.65. The fourth-order valence-corrected chi connectivity index (χ4v) is 5.16. The molecule has 1 aliphatic rings. The quantitative estimate of drug-likeness (QED) is 0.914. The highest BCUT2D eigenvalue weighted by Gasteiger charge is 2.35. The molecule has 0 aliphatic carbocycles. The Bertz CT molecular complexity index is 471. The van der Waals surface area contributed by atoms with Crippen LogP contribution in [-0.4, -0.2) is 37.0 Å². The number of thiophene rings is 1. The number of rotatable bonds is 3. The van der Waals surface area contributed by atoms with Gasteiger partial charge in [0.15, 0.2) is 0 Å². The summed E-state index contributed by atoms with van der Waals surface area (Å²) < 4.78 is 26.4. The van der Waals surface area contributed by atoms with Crippen LogP contribution < -0.4 is 0 Å². The number of sulfonamides is 1. The van der Waals surface area contributed by atoms with E-state index in [4.69, 9.17) is 16.7 Å². The minimum Gasteiger partial charge on any atom is -0.395 e. The van der Waals surface area contributed by atoms with Crippen molar-refractivity contribution in [2.45, 2.75) is 23.1 Å². The lowest BCUT2D eigenvalue weighted by Gasteiger charge is -2.21. The highest BCUT2D eigenvalue weighted by molar-refractivity contribution is 7.91. The molecular formula is C9H12ClNO3S2.